The average Bonchev–Trinajstić information content (AvgIpc) is 3.69. The van der Waals surface area contributed by atoms with Gasteiger partial charge in [0.2, 0.25) is 0 Å². The molecule has 0 radical (unpaired) electrons. The van der Waals surface area contributed by atoms with Gasteiger partial charge in [-0.1, -0.05) is 158 Å². The van der Waals surface area contributed by atoms with Crippen molar-refractivity contribution in [3.8, 4) is 62.4 Å². The van der Waals surface area contributed by atoms with E-state index >= 15 is 0 Å². The molecule has 0 atom stereocenters. The van der Waals surface area contributed by atoms with Gasteiger partial charge in [0.1, 0.15) is 5.82 Å². The summed E-state index contributed by atoms with van der Waals surface area (Å²) >= 11 is 0. The van der Waals surface area contributed by atoms with E-state index < -0.39 is 0 Å². The lowest BCUT2D eigenvalue weighted by Gasteiger charge is -2.13. The quantitative estimate of drug-likeness (QED) is 0.160. The molecule has 0 saturated heterocycles. The van der Waals surface area contributed by atoms with E-state index in [-0.39, 0.29) is 0 Å². The van der Waals surface area contributed by atoms with E-state index in [0.717, 1.165) is 61.3 Å². The number of para-hydroxylation sites is 3. The zero-order valence-electron chi connectivity index (χ0n) is 30.8. The fourth-order valence-electron chi connectivity index (χ4n) is 8.13. The summed E-state index contributed by atoms with van der Waals surface area (Å²) in [6.07, 6.45) is 0. The van der Waals surface area contributed by atoms with Crippen molar-refractivity contribution >= 4 is 43.4 Å². The van der Waals surface area contributed by atoms with Gasteiger partial charge in [-0.25, -0.2) is 19.9 Å². The molecule has 0 unspecified atom stereocenters. The molecule has 57 heavy (non-hydrogen) atoms. The lowest BCUT2D eigenvalue weighted by Crippen LogP contribution is -2.01. The SMILES string of the molecule is c1ccc(-c2cccc(-c3nc(-c4cccc(-c5nc6ccccc6n5-c5ccccc5)c4)nc(-c4ccc5c6ccccc6c6ccccc6c5c4)n3)c2)cc1. The highest BCUT2D eigenvalue weighted by atomic mass is 15.1. The molecule has 0 amide bonds. The van der Waals surface area contributed by atoms with Crippen LogP contribution in [0.3, 0.4) is 0 Å². The maximum absolute atomic E-state index is 5.24. The number of imidazole rings is 1. The zero-order chi connectivity index (χ0) is 37.7. The molecule has 0 aliphatic rings. The fraction of sp³-hybridized carbons (Fsp3) is 0. The minimum atomic E-state index is 0.591. The molecule has 0 aliphatic carbocycles. The number of nitrogens with zero attached hydrogens (tertiary/aromatic N) is 5. The molecule has 5 heteroatoms. The second-order valence-electron chi connectivity index (χ2n) is 14.3. The Morgan fingerprint density at radius 2 is 0.737 bits per heavy atom. The van der Waals surface area contributed by atoms with Gasteiger partial charge in [-0.15, -0.1) is 0 Å². The standard InChI is InChI=1S/C52H33N5/c1-3-15-34(16-4-1)35-17-13-18-36(31-35)49-54-50(37-19-14-20-39(32-37)52-53-47-27-11-12-28-48(47)57(52)40-21-5-2-6-22-40)56-51(55-49)38-29-30-45-43-25-8-7-23-41(43)42-24-9-10-26-44(42)46(45)33-38/h1-33H. The van der Waals surface area contributed by atoms with Crippen molar-refractivity contribution in [2.75, 3.05) is 0 Å². The third kappa shape index (κ3) is 5.72. The normalized spacial score (nSPS) is 11.5. The molecule has 266 valence electrons. The summed E-state index contributed by atoms with van der Waals surface area (Å²) in [5.41, 5.74) is 8.94. The largest absolute Gasteiger partial charge is 0.292 e. The second-order valence-corrected chi connectivity index (χ2v) is 14.3. The Morgan fingerprint density at radius 1 is 0.281 bits per heavy atom. The van der Waals surface area contributed by atoms with Crippen LogP contribution in [0.25, 0.3) is 106 Å². The Hall–Kier alpha value is -7.76. The fourth-order valence-corrected chi connectivity index (χ4v) is 8.13. The van der Waals surface area contributed by atoms with Crippen LogP contribution in [0.1, 0.15) is 0 Å². The third-order valence-electron chi connectivity index (χ3n) is 10.8. The topological polar surface area (TPSA) is 56.5 Å². The summed E-state index contributed by atoms with van der Waals surface area (Å²) in [5.74, 6) is 2.66. The molecule has 9 aromatic carbocycles. The first-order chi connectivity index (χ1) is 28.2. The highest BCUT2D eigenvalue weighted by Gasteiger charge is 2.18. The van der Waals surface area contributed by atoms with E-state index in [0.29, 0.717) is 17.5 Å². The van der Waals surface area contributed by atoms with E-state index in [2.05, 4.69) is 187 Å². The molecule has 11 rings (SSSR count). The van der Waals surface area contributed by atoms with Crippen LogP contribution in [-0.4, -0.2) is 24.5 Å². The molecule has 2 heterocycles. The molecule has 5 nitrogen and oxygen atoms in total. The molecule has 2 aromatic heterocycles. The molecular weight excluding hydrogens is 695 g/mol. The Labute approximate surface area is 329 Å². The zero-order valence-corrected chi connectivity index (χ0v) is 30.8. The van der Waals surface area contributed by atoms with Gasteiger partial charge < -0.3 is 0 Å². The number of hydrogen-bond acceptors (Lipinski definition) is 4. The molecule has 0 bridgehead atoms. The number of fused-ring (bicyclic) bond motifs is 7. The van der Waals surface area contributed by atoms with E-state index in [9.17, 15) is 0 Å². The van der Waals surface area contributed by atoms with Crippen LogP contribution in [0.2, 0.25) is 0 Å². The predicted octanol–water partition coefficient (Wildman–Crippen LogP) is 13.0. The molecule has 11 aromatic rings. The van der Waals surface area contributed by atoms with Crippen molar-refractivity contribution in [1.82, 2.24) is 24.5 Å². The van der Waals surface area contributed by atoms with Crippen LogP contribution in [0.4, 0.5) is 0 Å². The van der Waals surface area contributed by atoms with Crippen LogP contribution in [0, 0.1) is 0 Å². The van der Waals surface area contributed by atoms with Gasteiger partial charge in [-0.05, 0) is 85.9 Å². The van der Waals surface area contributed by atoms with Gasteiger partial charge in [0, 0.05) is 27.9 Å². The monoisotopic (exact) mass is 727 g/mol. The van der Waals surface area contributed by atoms with Crippen molar-refractivity contribution in [2.24, 2.45) is 0 Å². The van der Waals surface area contributed by atoms with Crippen molar-refractivity contribution in [2.45, 2.75) is 0 Å². The van der Waals surface area contributed by atoms with Gasteiger partial charge in [-0.3, -0.25) is 4.57 Å². The van der Waals surface area contributed by atoms with E-state index in [1.807, 2.05) is 18.2 Å². The van der Waals surface area contributed by atoms with Crippen molar-refractivity contribution in [3.63, 3.8) is 0 Å². The van der Waals surface area contributed by atoms with Gasteiger partial charge in [0.25, 0.3) is 0 Å². The average molecular weight is 728 g/mol. The highest BCUT2D eigenvalue weighted by Crippen LogP contribution is 2.38. The van der Waals surface area contributed by atoms with Crippen LogP contribution in [-0.2, 0) is 0 Å². The molecule has 0 aliphatic heterocycles. The van der Waals surface area contributed by atoms with Crippen molar-refractivity contribution in [3.05, 3.63) is 200 Å². The van der Waals surface area contributed by atoms with Crippen molar-refractivity contribution < 1.29 is 0 Å². The molecule has 0 saturated carbocycles. The van der Waals surface area contributed by atoms with E-state index in [1.54, 1.807) is 0 Å². The number of aromatic nitrogens is 5. The van der Waals surface area contributed by atoms with Crippen LogP contribution in [0.5, 0.6) is 0 Å². The summed E-state index contributed by atoms with van der Waals surface area (Å²) < 4.78 is 2.22. The first kappa shape index (κ1) is 32.7. The summed E-state index contributed by atoms with van der Waals surface area (Å²) in [6, 6.07) is 69.8. The molecular formula is C52H33N5. The van der Waals surface area contributed by atoms with Gasteiger partial charge in [-0.2, -0.15) is 0 Å². The molecule has 0 spiro atoms. The maximum Gasteiger partial charge on any atom is 0.164 e. The van der Waals surface area contributed by atoms with Crippen molar-refractivity contribution in [1.29, 1.82) is 0 Å². The smallest absolute Gasteiger partial charge is 0.164 e. The summed E-state index contributed by atoms with van der Waals surface area (Å²) in [6.45, 7) is 0. The Morgan fingerprint density at radius 3 is 1.39 bits per heavy atom. The number of benzene rings is 9. The second kappa shape index (κ2) is 13.5. The van der Waals surface area contributed by atoms with E-state index in [1.165, 1.54) is 26.9 Å². The van der Waals surface area contributed by atoms with Gasteiger partial charge in [0.05, 0.1) is 11.0 Å². The molecule has 0 N–H and O–H groups in total. The van der Waals surface area contributed by atoms with E-state index in [4.69, 9.17) is 19.9 Å². The summed E-state index contributed by atoms with van der Waals surface area (Å²) in [7, 11) is 0. The van der Waals surface area contributed by atoms with Crippen LogP contribution >= 0.6 is 0 Å². The van der Waals surface area contributed by atoms with Gasteiger partial charge in [0.15, 0.2) is 17.5 Å². The van der Waals surface area contributed by atoms with Gasteiger partial charge >= 0.3 is 0 Å². The summed E-state index contributed by atoms with van der Waals surface area (Å²) in [4.78, 5) is 20.8. The minimum absolute atomic E-state index is 0.591. The Kier molecular flexibility index (Phi) is 7.74. The highest BCUT2D eigenvalue weighted by molar-refractivity contribution is 6.25. The number of rotatable bonds is 6. The Balaban J connectivity index is 1.12. The molecule has 0 fully saturated rings. The minimum Gasteiger partial charge on any atom is -0.292 e. The Bertz CT molecular complexity index is 3260. The lowest BCUT2D eigenvalue weighted by atomic mass is 9.93. The predicted molar refractivity (Wildman–Crippen MR) is 234 cm³/mol. The first-order valence-corrected chi connectivity index (χ1v) is 19.1. The third-order valence-corrected chi connectivity index (χ3v) is 10.8. The lowest BCUT2D eigenvalue weighted by molar-refractivity contribution is 1.07. The first-order valence-electron chi connectivity index (χ1n) is 19.1. The van der Waals surface area contributed by atoms with Crippen LogP contribution in [0.15, 0.2) is 200 Å². The number of hydrogen-bond donors (Lipinski definition) is 0. The summed E-state index contributed by atoms with van der Waals surface area (Å²) in [5, 5.41) is 7.27. The maximum atomic E-state index is 5.24. The van der Waals surface area contributed by atoms with Crippen LogP contribution < -0.4 is 0 Å².